The zero-order valence-electron chi connectivity index (χ0n) is 12.3. The smallest absolute Gasteiger partial charge is 0.0294 e. The highest BCUT2D eigenvalue weighted by atomic mass is 14.1. The molecule has 0 bridgehead atoms. The Bertz CT molecular complexity index is 255. The van der Waals surface area contributed by atoms with Gasteiger partial charge >= 0.3 is 0 Å². The number of unbranched alkanes of at least 4 members (excludes halogenated alkanes) is 3. The molecule has 0 rings (SSSR count). The molecule has 0 fully saturated rings. The molecule has 0 aromatic rings. The molecule has 0 aromatic heterocycles. The van der Waals surface area contributed by atoms with E-state index in [1.807, 2.05) is 6.92 Å². The monoisotopic (exact) mass is 234 g/mol. The van der Waals surface area contributed by atoms with E-state index in [4.69, 9.17) is 0 Å². The largest absolute Gasteiger partial charge is 0.0961 e. The highest BCUT2D eigenvalue weighted by Gasteiger charge is 2.02. The van der Waals surface area contributed by atoms with Crippen LogP contribution in [0.15, 0.2) is 36.0 Å². The summed E-state index contributed by atoms with van der Waals surface area (Å²) < 4.78 is 0. The Kier molecular flexibility index (Phi) is 9.90. The van der Waals surface area contributed by atoms with Crippen LogP contribution in [0.2, 0.25) is 0 Å². The molecule has 0 spiro atoms. The van der Waals surface area contributed by atoms with Crippen LogP contribution in [0.25, 0.3) is 0 Å². The number of hydrogen-bond acceptors (Lipinski definition) is 0. The molecule has 0 saturated heterocycles. The van der Waals surface area contributed by atoms with Gasteiger partial charge in [0.25, 0.3) is 0 Å². The Morgan fingerprint density at radius 3 is 2.47 bits per heavy atom. The van der Waals surface area contributed by atoms with E-state index in [0.717, 1.165) is 11.5 Å². The van der Waals surface area contributed by atoms with Crippen molar-refractivity contribution in [1.29, 1.82) is 0 Å². The van der Waals surface area contributed by atoms with Gasteiger partial charge in [0, 0.05) is 0 Å². The van der Waals surface area contributed by atoms with Gasteiger partial charge in [-0.15, -0.1) is 0 Å². The molecule has 0 aliphatic carbocycles. The molecule has 0 heteroatoms. The first-order chi connectivity index (χ1) is 8.06. The fourth-order valence-corrected chi connectivity index (χ4v) is 2.02. The molecule has 0 N–H and O–H groups in total. The van der Waals surface area contributed by atoms with Crippen LogP contribution < -0.4 is 0 Å². The molecular formula is C17H30. The van der Waals surface area contributed by atoms with Gasteiger partial charge in [0.2, 0.25) is 0 Å². The van der Waals surface area contributed by atoms with E-state index >= 15 is 0 Å². The van der Waals surface area contributed by atoms with Crippen molar-refractivity contribution < 1.29 is 0 Å². The lowest BCUT2D eigenvalue weighted by Gasteiger charge is -2.11. The summed E-state index contributed by atoms with van der Waals surface area (Å²) in [5, 5.41) is 0. The fraction of sp³-hybridized carbons (Fsp3) is 0.647. The van der Waals surface area contributed by atoms with Gasteiger partial charge in [0.15, 0.2) is 0 Å². The second kappa shape index (κ2) is 10.4. The maximum Gasteiger partial charge on any atom is -0.0294 e. The Hall–Kier alpha value is -0.780. The topological polar surface area (TPSA) is 0 Å². The van der Waals surface area contributed by atoms with Crippen LogP contribution in [0.4, 0.5) is 0 Å². The summed E-state index contributed by atoms with van der Waals surface area (Å²) >= 11 is 0. The SMILES string of the molecule is C=C(C)/C=C\C=C(/C)CC(C)CCCCCC. The normalized spacial score (nSPS) is 14.2. The molecule has 0 amide bonds. The molecule has 1 unspecified atom stereocenters. The van der Waals surface area contributed by atoms with Crippen molar-refractivity contribution in [1.82, 2.24) is 0 Å². The third kappa shape index (κ3) is 11.5. The van der Waals surface area contributed by atoms with Crippen molar-refractivity contribution in [2.45, 2.75) is 66.2 Å². The molecule has 0 radical (unpaired) electrons. The first-order valence-electron chi connectivity index (χ1n) is 7.05. The average Bonchev–Trinajstić information content (AvgIpc) is 2.23. The van der Waals surface area contributed by atoms with Crippen LogP contribution in [0.5, 0.6) is 0 Å². The van der Waals surface area contributed by atoms with E-state index in [2.05, 4.69) is 45.6 Å². The summed E-state index contributed by atoms with van der Waals surface area (Å²) in [4.78, 5) is 0. The third-order valence-electron chi connectivity index (χ3n) is 2.98. The lowest BCUT2D eigenvalue weighted by molar-refractivity contribution is 0.486. The molecular weight excluding hydrogens is 204 g/mol. The molecule has 0 heterocycles. The Morgan fingerprint density at radius 2 is 1.88 bits per heavy atom. The van der Waals surface area contributed by atoms with Gasteiger partial charge in [-0.2, -0.15) is 0 Å². The predicted molar refractivity (Wildman–Crippen MR) is 80.3 cm³/mol. The summed E-state index contributed by atoms with van der Waals surface area (Å²) in [5.74, 6) is 0.821. The van der Waals surface area contributed by atoms with Crippen molar-refractivity contribution in [3.63, 3.8) is 0 Å². The maximum atomic E-state index is 3.85. The van der Waals surface area contributed by atoms with E-state index in [1.165, 1.54) is 44.1 Å². The van der Waals surface area contributed by atoms with E-state index in [0.29, 0.717) is 0 Å². The summed E-state index contributed by atoms with van der Waals surface area (Å²) in [6.45, 7) is 12.7. The molecule has 0 aromatic carbocycles. The van der Waals surface area contributed by atoms with Crippen LogP contribution >= 0.6 is 0 Å². The summed E-state index contributed by atoms with van der Waals surface area (Å²) in [6.07, 6.45) is 14.5. The van der Waals surface area contributed by atoms with Crippen LogP contribution in [0.3, 0.4) is 0 Å². The van der Waals surface area contributed by atoms with Gasteiger partial charge in [-0.1, -0.05) is 81.9 Å². The van der Waals surface area contributed by atoms with Gasteiger partial charge in [-0.3, -0.25) is 0 Å². The van der Waals surface area contributed by atoms with Crippen molar-refractivity contribution >= 4 is 0 Å². The van der Waals surface area contributed by atoms with Gasteiger partial charge in [0.05, 0.1) is 0 Å². The quantitative estimate of drug-likeness (QED) is 0.336. The minimum absolute atomic E-state index is 0.821. The molecule has 1 atom stereocenters. The summed E-state index contributed by atoms with van der Waals surface area (Å²) in [7, 11) is 0. The first-order valence-corrected chi connectivity index (χ1v) is 7.05. The number of hydrogen-bond donors (Lipinski definition) is 0. The maximum absolute atomic E-state index is 3.85. The van der Waals surface area contributed by atoms with E-state index < -0.39 is 0 Å². The highest BCUT2D eigenvalue weighted by Crippen LogP contribution is 2.18. The van der Waals surface area contributed by atoms with Crippen LogP contribution in [-0.4, -0.2) is 0 Å². The standard InChI is InChI=1S/C17H30/c1-6-7-8-9-12-16(4)14-17(5)13-10-11-15(2)3/h10-11,13,16H,2,6-9,12,14H2,1,3-5H3/b11-10-,17-13+. The minimum Gasteiger partial charge on any atom is -0.0961 e. The van der Waals surface area contributed by atoms with Gasteiger partial charge in [-0.05, 0) is 26.2 Å². The van der Waals surface area contributed by atoms with Crippen molar-refractivity contribution in [2.24, 2.45) is 5.92 Å². The lowest BCUT2D eigenvalue weighted by Crippen LogP contribution is -1.95. The van der Waals surface area contributed by atoms with Gasteiger partial charge < -0.3 is 0 Å². The summed E-state index contributed by atoms with van der Waals surface area (Å²) in [6, 6.07) is 0. The van der Waals surface area contributed by atoms with E-state index in [1.54, 1.807) is 0 Å². The van der Waals surface area contributed by atoms with Crippen LogP contribution in [0, 0.1) is 5.92 Å². The van der Waals surface area contributed by atoms with Crippen molar-refractivity contribution in [3.8, 4) is 0 Å². The Morgan fingerprint density at radius 1 is 1.18 bits per heavy atom. The van der Waals surface area contributed by atoms with E-state index in [9.17, 15) is 0 Å². The first kappa shape index (κ1) is 16.2. The molecule has 0 nitrogen and oxygen atoms in total. The van der Waals surface area contributed by atoms with Crippen LogP contribution in [0.1, 0.15) is 66.2 Å². The third-order valence-corrected chi connectivity index (χ3v) is 2.98. The second-order valence-corrected chi connectivity index (χ2v) is 5.38. The summed E-state index contributed by atoms with van der Waals surface area (Å²) in [5.41, 5.74) is 2.59. The van der Waals surface area contributed by atoms with Gasteiger partial charge in [-0.25, -0.2) is 0 Å². The molecule has 0 aliphatic rings. The number of allylic oxidation sites excluding steroid dienone is 5. The molecule has 98 valence electrons. The zero-order valence-corrected chi connectivity index (χ0v) is 12.3. The van der Waals surface area contributed by atoms with Crippen LogP contribution in [-0.2, 0) is 0 Å². The molecule has 17 heavy (non-hydrogen) atoms. The van der Waals surface area contributed by atoms with Gasteiger partial charge in [0.1, 0.15) is 0 Å². The highest BCUT2D eigenvalue weighted by molar-refractivity contribution is 5.19. The predicted octanol–water partition coefficient (Wildman–Crippen LogP) is 6.06. The average molecular weight is 234 g/mol. The minimum atomic E-state index is 0.821. The Labute approximate surface area is 109 Å². The van der Waals surface area contributed by atoms with Crippen molar-refractivity contribution in [2.75, 3.05) is 0 Å². The Balaban J connectivity index is 3.78. The fourth-order valence-electron chi connectivity index (χ4n) is 2.02. The van der Waals surface area contributed by atoms with E-state index in [-0.39, 0.29) is 0 Å². The molecule has 0 aliphatic heterocycles. The molecule has 0 saturated carbocycles. The van der Waals surface area contributed by atoms with Crippen molar-refractivity contribution in [3.05, 3.63) is 36.0 Å². The second-order valence-electron chi connectivity index (χ2n) is 5.38. The zero-order chi connectivity index (χ0) is 13.1. The lowest BCUT2D eigenvalue weighted by atomic mass is 9.95. The number of rotatable bonds is 9.